The van der Waals surface area contributed by atoms with Gasteiger partial charge in [0.1, 0.15) is 0 Å². The van der Waals surface area contributed by atoms with Crippen LogP contribution in [0.25, 0.3) is 9.75 Å². The monoisotopic (exact) mass is 574 g/mol. The van der Waals surface area contributed by atoms with Gasteiger partial charge in [-0.25, -0.2) is 0 Å². The molecule has 0 unspecified atom stereocenters. The summed E-state index contributed by atoms with van der Waals surface area (Å²) in [6.45, 7) is 0. The molecule has 0 amide bonds. The van der Waals surface area contributed by atoms with Gasteiger partial charge in [0.25, 0.3) is 0 Å². The highest BCUT2D eigenvalue weighted by Crippen LogP contribution is 2.44. The van der Waals surface area contributed by atoms with Crippen molar-refractivity contribution < 1.29 is 0 Å². The zero-order valence-corrected chi connectivity index (χ0v) is 15.6. The minimum absolute atomic E-state index is 1.19. The van der Waals surface area contributed by atoms with Crippen LogP contribution in [0.5, 0.6) is 0 Å². The molecule has 0 bridgehead atoms. The molecule has 6 heteroatoms. The molecular formula is C8H2Br2I2S2. The predicted octanol–water partition coefficient (Wildman–Crippen LogP) is 6.21. The quantitative estimate of drug-likeness (QED) is 0.355. The van der Waals surface area contributed by atoms with Crippen LogP contribution < -0.4 is 0 Å². The van der Waals surface area contributed by atoms with Crippen molar-refractivity contribution in [1.29, 1.82) is 0 Å². The highest BCUT2D eigenvalue weighted by molar-refractivity contribution is 14.1. The molecular weight excluding hydrogens is 574 g/mol. The van der Waals surface area contributed by atoms with Gasteiger partial charge in [0.05, 0.1) is 15.5 Å². The summed E-state index contributed by atoms with van der Waals surface area (Å²) in [6.07, 6.45) is 0. The highest BCUT2D eigenvalue weighted by Gasteiger charge is 2.13. The average Bonchev–Trinajstić information content (AvgIpc) is 2.55. The van der Waals surface area contributed by atoms with Crippen LogP contribution in [-0.2, 0) is 0 Å². The molecule has 0 radical (unpaired) electrons. The summed E-state index contributed by atoms with van der Waals surface area (Å²) in [5.74, 6) is 0. The van der Waals surface area contributed by atoms with E-state index in [0.717, 1.165) is 0 Å². The van der Waals surface area contributed by atoms with Crippen LogP contribution in [0.4, 0.5) is 0 Å². The molecule has 2 heterocycles. The van der Waals surface area contributed by atoms with E-state index in [1.807, 2.05) is 22.7 Å². The Morgan fingerprint density at radius 2 is 1.21 bits per heavy atom. The normalized spacial score (nSPS) is 10.9. The van der Waals surface area contributed by atoms with Crippen LogP contribution in [-0.4, -0.2) is 0 Å². The van der Waals surface area contributed by atoms with E-state index in [9.17, 15) is 0 Å². The Balaban J connectivity index is 2.59. The summed E-state index contributed by atoms with van der Waals surface area (Å²) in [5, 5.41) is 0. The second kappa shape index (κ2) is 4.99. The van der Waals surface area contributed by atoms with E-state index in [2.05, 4.69) is 89.2 Å². The second-order valence-corrected chi connectivity index (χ2v) is 10.1. The van der Waals surface area contributed by atoms with Crippen LogP contribution >= 0.6 is 99.7 Å². The van der Waals surface area contributed by atoms with Crippen molar-refractivity contribution in [1.82, 2.24) is 0 Å². The van der Waals surface area contributed by atoms with Gasteiger partial charge < -0.3 is 0 Å². The van der Waals surface area contributed by atoms with Crippen LogP contribution in [0, 0.1) is 5.77 Å². The van der Waals surface area contributed by atoms with E-state index >= 15 is 0 Å². The third-order valence-corrected chi connectivity index (χ3v) is 7.25. The molecule has 2 aromatic rings. The molecule has 2 rings (SSSR count). The molecule has 0 fully saturated rings. The van der Waals surface area contributed by atoms with Crippen LogP contribution in [0.15, 0.2) is 21.1 Å². The van der Waals surface area contributed by atoms with Crippen LogP contribution in [0.2, 0.25) is 0 Å². The van der Waals surface area contributed by atoms with Crippen molar-refractivity contribution in [2.75, 3.05) is 0 Å². The Kier molecular flexibility index (Phi) is 4.38. The zero-order valence-electron chi connectivity index (χ0n) is 6.48. The Hall–Kier alpha value is 1.82. The van der Waals surface area contributed by atoms with E-state index in [4.69, 9.17) is 0 Å². The molecule has 14 heavy (non-hydrogen) atoms. The van der Waals surface area contributed by atoms with Gasteiger partial charge in [0, 0.05) is 8.95 Å². The van der Waals surface area contributed by atoms with Crippen molar-refractivity contribution in [3.63, 3.8) is 0 Å². The van der Waals surface area contributed by atoms with Gasteiger partial charge in [-0.1, -0.05) is 0 Å². The Bertz CT molecular complexity index is 431. The molecule has 0 aliphatic heterocycles. The number of thiophene rings is 2. The summed E-state index contributed by atoms with van der Waals surface area (Å²) in [6, 6.07) is 4.30. The maximum Gasteiger partial charge on any atom is 0.0672 e. The summed E-state index contributed by atoms with van der Waals surface area (Å²) in [7, 11) is 0. The van der Waals surface area contributed by atoms with Crippen molar-refractivity contribution in [2.24, 2.45) is 0 Å². The van der Waals surface area contributed by atoms with Gasteiger partial charge in [-0.2, -0.15) is 0 Å². The molecule has 0 saturated carbocycles. The summed E-state index contributed by atoms with van der Waals surface area (Å²) in [4.78, 5) is 2.63. The third kappa shape index (κ3) is 2.55. The number of rotatable bonds is 1. The molecule has 0 aliphatic carbocycles. The molecule has 0 saturated heterocycles. The van der Waals surface area contributed by atoms with Crippen LogP contribution in [0.1, 0.15) is 0 Å². The maximum atomic E-state index is 3.59. The molecule has 0 aromatic carbocycles. The van der Waals surface area contributed by atoms with Gasteiger partial charge in [0.2, 0.25) is 0 Å². The molecule has 0 spiro atoms. The first-order valence-electron chi connectivity index (χ1n) is 3.48. The van der Waals surface area contributed by atoms with E-state index in [-0.39, 0.29) is 0 Å². The predicted molar refractivity (Wildman–Crippen MR) is 88.5 cm³/mol. The second-order valence-electron chi connectivity index (χ2n) is 2.46. The Morgan fingerprint density at radius 1 is 0.857 bits per heavy atom. The van der Waals surface area contributed by atoms with Crippen molar-refractivity contribution in [3.05, 3.63) is 26.8 Å². The third-order valence-electron chi connectivity index (χ3n) is 1.52. The van der Waals surface area contributed by atoms with E-state index < -0.39 is 0 Å². The summed E-state index contributed by atoms with van der Waals surface area (Å²) in [5.41, 5.74) is 0. The van der Waals surface area contributed by atoms with Crippen molar-refractivity contribution in [2.45, 2.75) is 0 Å². The maximum absolute atomic E-state index is 3.59. The minimum Gasteiger partial charge on any atom is -0.127 e. The van der Waals surface area contributed by atoms with E-state index in [0.29, 0.717) is 0 Å². The van der Waals surface area contributed by atoms with Gasteiger partial charge in [-0.05, 0) is 89.2 Å². The molecule has 74 valence electrons. The molecule has 0 aliphatic rings. The van der Waals surface area contributed by atoms with Gasteiger partial charge in [-0.15, -0.1) is 22.7 Å². The minimum atomic E-state index is 1.19. The Morgan fingerprint density at radius 3 is 1.43 bits per heavy atom. The fourth-order valence-electron chi connectivity index (χ4n) is 0.991. The fraction of sp³-hybridized carbons (Fsp3) is 0. The topological polar surface area (TPSA) is 0 Å². The number of hydrogen-bond donors (Lipinski definition) is 0. The van der Waals surface area contributed by atoms with Crippen LogP contribution in [0.3, 0.4) is 0 Å². The first-order valence-corrected chi connectivity index (χ1v) is 8.85. The summed E-state index contributed by atoms with van der Waals surface area (Å²) >= 11 is 15.5. The van der Waals surface area contributed by atoms with E-state index in [1.165, 1.54) is 24.5 Å². The Labute approximate surface area is 134 Å². The fourth-order valence-corrected chi connectivity index (χ4v) is 7.41. The molecule has 0 atom stereocenters. The van der Waals surface area contributed by atoms with Gasteiger partial charge in [-0.3, -0.25) is 0 Å². The molecule has 0 nitrogen and oxygen atoms in total. The standard InChI is InChI=1S/C8H2Br2I2S2/c9-3-1-5(11)13-7(3)8-4(10)2-6(12)14-8/h1-2H. The van der Waals surface area contributed by atoms with Gasteiger partial charge in [0.15, 0.2) is 0 Å². The zero-order chi connectivity index (χ0) is 10.3. The lowest BCUT2D eigenvalue weighted by atomic mass is 10.4. The first kappa shape index (κ1) is 12.3. The largest absolute Gasteiger partial charge is 0.127 e. The van der Waals surface area contributed by atoms with E-state index in [1.54, 1.807) is 0 Å². The van der Waals surface area contributed by atoms with Crippen molar-refractivity contribution in [3.8, 4) is 9.75 Å². The summed E-state index contributed by atoms with van der Waals surface area (Å²) < 4.78 is 4.98. The molecule has 2 aromatic heterocycles. The van der Waals surface area contributed by atoms with Crippen molar-refractivity contribution >= 4 is 99.7 Å². The number of hydrogen-bond acceptors (Lipinski definition) is 2. The molecule has 0 N–H and O–H groups in total. The smallest absolute Gasteiger partial charge is 0.0672 e. The average molecular weight is 576 g/mol. The lowest BCUT2D eigenvalue weighted by Gasteiger charge is -1.93. The number of halogens is 4. The van der Waals surface area contributed by atoms with Gasteiger partial charge >= 0.3 is 0 Å². The SMILES string of the molecule is Brc1cc(I)sc1-c1sc(I)cc1Br. The first-order chi connectivity index (χ1) is 6.58. The lowest BCUT2D eigenvalue weighted by Crippen LogP contribution is -1.64. The lowest BCUT2D eigenvalue weighted by molar-refractivity contribution is 1.79. The highest BCUT2D eigenvalue weighted by atomic mass is 127.